The summed E-state index contributed by atoms with van der Waals surface area (Å²) in [7, 11) is 0. The van der Waals surface area contributed by atoms with Gasteiger partial charge in [0.25, 0.3) is 0 Å². The number of rotatable bonds is 6. The topological polar surface area (TPSA) is 15.3 Å². The third-order valence-corrected chi connectivity index (χ3v) is 4.63. The first kappa shape index (κ1) is 15.8. The smallest absolute Gasteiger partial charge is 0.0409 e. The molecule has 0 aliphatic carbocycles. The van der Waals surface area contributed by atoms with E-state index in [1.165, 1.54) is 38.0 Å². The van der Waals surface area contributed by atoms with Crippen molar-refractivity contribution >= 4 is 11.6 Å². The van der Waals surface area contributed by atoms with Crippen molar-refractivity contribution in [3.8, 4) is 0 Å². The predicted octanol–water partition coefficient (Wildman–Crippen LogP) is 4.11. The average molecular weight is 295 g/mol. The molecule has 1 heterocycles. The van der Waals surface area contributed by atoms with Crippen LogP contribution in [0.15, 0.2) is 24.3 Å². The number of piperidine rings is 1. The maximum atomic E-state index is 6.14. The Morgan fingerprint density at radius 1 is 1.30 bits per heavy atom. The minimum Gasteiger partial charge on any atom is -0.317 e. The van der Waals surface area contributed by atoms with Crippen LogP contribution in [0.4, 0.5) is 0 Å². The molecule has 1 atom stereocenters. The van der Waals surface area contributed by atoms with Gasteiger partial charge < -0.3 is 5.32 Å². The highest BCUT2D eigenvalue weighted by atomic mass is 35.5. The van der Waals surface area contributed by atoms with Gasteiger partial charge in [-0.3, -0.25) is 4.90 Å². The summed E-state index contributed by atoms with van der Waals surface area (Å²) in [5.41, 5.74) is 1.37. The first-order chi connectivity index (χ1) is 9.74. The number of nitrogens with zero attached hydrogens (tertiary/aromatic N) is 1. The fourth-order valence-electron chi connectivity index (χ4n) is 3.24. The van der Waals surface area contributed by atoms with E-state index in [1.807, 2.05) is 6.07 Å². The molecule has 3 heteroatoms. The van der Waals surface area contributed by atoms with Crippen LogP contribution in [0, 0.1) is 5.92 Å². The Kier molecular flexibility index (Phi) is 6.34. The lowest BCUT2D eigenvalue weighted by Crippen LogP contribution is -2.39. The molecular formula is C17H27ClN2. The molecule has 1 aliphatic rings. The van der Waals surface area contributed by atoms with Gasteiger partial charge in [0.05, 0.1) is 0 Å². The summed E-state index contributed by atoms with van der Waals surface area (Å²) < 4.78 is 0. The molecule has 1 fully saturated rings. The van der Waals surface area contributed by atoms with E-state index in [9.17, 15) is 0 Å². The van der Waals surface area contributed by atoms with Gasteiger partial charge in [0, 0.05) is 11.1 Å². The standard InChI is InChI=1S/C17H27ClN2/c1-3-17(15-6-5-7-16(18)12-15)20-10-8-14(9-11-20)13-19-4-2/h5-7,12,14,17,19H,3-4,8-11,13H2,1-2H3. The van der Waals surface area contributed by atoms with Gasteiger partial charge in [-0.15, -0.1) is 0 Å². The Morgan fingerprint density at radius 3 is 2.65 bits per heavy atom. The summed E-state index contributed by atoms with van der Waals surface area (Å²) in [6, 6.07) is 8.89. The SMILES string of the molecule is CCNCC1CCN(C(CC)c2cccc(Cl)c2)CC1. The second kappa shape index (κ2) is 8.02. The number of benzene rings is 1. The van der Waals surface area contributed by atoms with E-state index >= 15 is 0 Å². The van der Waals surface area contributed by atoms with E-state index < -0.39 is 0 Å². The van der Waals surface area contributed by atoms with Gasteiger partial charge in [-0.25, -0.2) is 0 Å². The number of hydrogen-bond donors (Lipinski definition) is 1. The molecule has 2 nitrogen and oxygen atoms in total. The highest BCUT2D eigenvalue weighted by molar-refractivity contribution is 6.30. The Hall–Kier alpha value is -0.570. The van der Waals surface area contributed by atoms with Gasteiger partial charge in [-0.05, 0) is 69.1 Å². The van der Waals surface area contributed by atoms with Crippen LogP contribution in [0.2, 0.25) is 5.02 Å². The molecule has 1 unspecified atom stereocenters. The normalized spacial score (nSPS) is 19.1. The fourth-order valence-corrected chi connectivity index (χ4v) is 3.43. The van der Waals surface area contributed by atoms with Crippen LogP contribution in [0.1, 0.15) is 44.7 Å². The van der Waals surface area contributed by atoms with Gasteiger partial charge in [-0.1, -0.05) is 37.6 Å². The number of halogens is 1. The van der Waals surface area contributed by atoms with Crippen molar-refractivity contribution in [2.24, 2.45) is 5.92 Å². The molecule has 0 aromatic heterocycles. The lowest BCUT2D eigenvalue weighted by Gasteiger charge is -2.37. The number of nitrogens with one attached hydrogen (secondary N) is 1. The Labute approximate surface area is 128 Å². The fraction of sp³-hybridized carbons (Fsp3) is 0.647. The lowest BCUT2D eigenvalue weighted by atomic mass is 9.93. The molecule has 112 valence electrons. The molecule has 0 saturated carbocycles. The van der Waals surface area contributed by atoms with Gasteiger partial charge in [0.15, 0.2) is 0 Å². The van der Waals surface area contributed by atoms with Crippen LogP contribution in [0.5, 0.6) is 0 Å². The predicted molar refractivity (Wildman–Crippen MR) is 87.3 cm³/mol. The van der Waals surface area contributed by atoms with Crippen LogP contribution in [-0.2, 0) is 0 Å². The van der Waals surface area contributed by atoms with E-state index in [-0.39, 0.29) is 0 Å². The summed E-state index contributed by atoms with van der Waals surface area (Å²) in [4.78, 5) is 2.63. The molecule has 1 saturated heterocycles. The molecule has 1 aliphatic heterocycles. The van der Waals surface area contributed by atoms with Crippen molar-refractivity contribution in [1.29, 1.82) is 0 Å². The average Bonchev–Trinajstić information content (AvgIpc) is 2.47. The third kappa shape index (κ3) is 4.21. The van der Waals surface area contributed by atoms with Crippen LogP contribution >= 0.6 is 11.6 Å². The summed E-state index contributed by atoms with van der Waals surface area (Å²) in [5, 5.41) is 4.33. The molecule has 0 radical (unpaired) electrons. The third-order valence-electron chi connectivity index (χ3n) is 4.39. The van der Waals surface area contributed by atoms with Gasteiger partial charge in [-0.2, -0.15) is 0 Å². The molecule has 2 rings (SSSR count). The minimum absolute atomic E-state index is 0.522. The van der Waals surface area contributed by atoms with Gasteiger partial charge in [0.1, 0.15) is 0 Å². The Bertz CT molecular complexity index is 400. The van der Waals surface area contributed by atoms with Crippen LogP contribution in [-0.4, -0.2) is 31.1 Å². The van der Waals surface area contributed by atoms with E-state index in [0.29, 0.717) is 6.04 Å². The molecule has 1 aromatic rings. The van der Waals surface area contributed by atoms with E-state index in [1.54, 1.807) is 0 Å². The summed E-state index contributed by atoms with van der Waals surface area (Å²) in [5.74, 6) is 0.850. The maximum absolute atomic E-state index is 6.14. The maximum Gasteiger partial charge on any atom is 0.0409 e. The van der Waals surface area contributed by atoms with E-state index in [2.05, 4.69) is 42.3 Å². The quantitative estimate of drug-likeness (QED) is 0.849. The zero-order valence-corrected chi connectivity index (χ0v) is 13.5. The molecule has 0 spiro atoms. The molecule has 0 amide bonds. The van der Waals surface area contributed by atoms with E-state index in [4.69, 9.17) is 11.6 Å². The minimum atomic E-state index is 0.522. The highest BCUT2D eigenvalue weighted by Crippen LogP contribution is 2.30. The second-order valence-electron chi connectivity index (χ2n) is 5.77. The van der Waals surface area contributed by atoms with Crippen LogP contribution in [0.25, 0.3) is 0 Å². The van der Waals surface area contributed by atoms with Crippen molar-refractivity contribution in [1.82, 2.24) is 10.2 Å². The number of likely N-dealkylation sites (tertiary alicyclic amines) is 1. The first-order valence-electron chi connectivity index (χ1n) is 7.94. The van der Waals surface area contributed by atoms with Crippen molar-refractivity contribution in [2.75, 3.05) is 26.2 Å². The summed E-state index contributed by atoms with van der Waals surface area (Å²) >= 11 is 6.14. The highest BCUT2D eigenvalue weighted by Gasteiger charge is 2.24. The second-order valence-corrected chi connectivity index (χ2v) is 6.20. The summed E-state index contributed by atoms with van der Waals surface area (Å²) in [6.45, 7) is 9.14. The van der Waals surface area contributed by atoms with Crippen LogP contribution in [0.3, 0.4) is 0 Å². The zero-order chi connectivity index (χ0) is 14.4. The monoisotopic (exact) mass is 294 g/mol. The van der Waals surface area contributed by atoms with Crippen molar-refractivity contribution in [3.63, 3.8) is 0 Å². The summed E-state index contributed by atoms with van der Waals surface area (Å²) in [6.07, 6.45) is 3.77. The van der Waals surface area contributed by atoms with Gasteiger partial charge >= 0.3 is 0 Å². The molecule has 20 heavy (non-hydrogen) atoms. The van der Waals surface area contributed by atoms with Crippen molar-refractivity contribution in [3.05, 3.63) is 34.9 Å². The Balaban J connectivity index is 1.93. The molecule has 1 N–H and O–H groups in total. The molecular weight excluding hydrogens is 268 g/mol. The van der Waals surface area contributed by atoms with E-state index in [0.717, 1.165) is 23.9 Å². The van der Waals surface area contributed by atoms with Crippen molar-refractivity contribution in [2.45, 2.75) is 39.2 Å². The van der Waals surface area contributed by atoms with Crippen molar-refractivity contribution < 1.29 is 0 Å². The molecule has 0 bridgehead atoms. The first-order valence-corrected chi connectivity index (χ1v) is 8.32. The van der Waals surface area contributed by atoms with Gasteiger partial charge in [0.2, 0.25) is 0 Å². The zero-order valence-electron chi connectivity index (χ0n) is 12.7. The van der Waals surface area contributed by atoms with Crippen LogP contribution < -0.4 is 5.32 Å². The molecule has 1 aromatic carbocycles. The Morgan fingerprint density at radius 2 is 2.05 bits per heavy atom. The largest absolute Gasteiger partial charge is 0.317 e. The lowest BCUT2D eigenvalue weighted by molar-refractivity contribution is 0.128. The number of hydrogen-bond acceptors (Lipinski definition) is 2.